The summed E-state index contributed by atoms with van der Waals surface area (Å²) in [6.07, 6.45) is 1.81. The SMILES string of the molecule is COc1ccc(CN(CCN(C)C)c2nccc(C)n2)cc1. The fourth-order valence-corrected chi connectivity index (χ4v) is 2.11. The Labute approximate surface area is 132 Å². The molecule has 118 valence electrons. The van der Waals surface area contributed by atoms with Gasteiger partial charge in [0.25, 0.3) is 0 Å². The van der Waals surface area contributed by atoms with Gasteiger partial charge in [0.15, 0.2) is 0 Å². The molecule has 1 aromatic carbocycles. The van der Waals surface area contributed by atoms with E-state index in [1.165, 1.54) is 5.56 Å². The van der Waals surface area contributed by atoms with Crippen molar-refractivity contribution in [2.24, 2.45) is 0 Å². The van der Waals surface area contributed by atoms with E-state index in [0.717, 1.165) is 37.0 Å². The molecular formula is C17H24N4O. The molecule has 0 aliphatic rings. The van der Waals surface area contributed by atoms with Gasteiger partial charge in [0.2, 0.25) is 5.95 Å². The van der Waals surface area contributed by atoms with E-state index in [-0.39, 0.29) is 0 Å². The zero-order chi connectivity index (χ0) is 15.9. The van der Waals surface area contributed by atoms with Crippen LogP contribution in [0.1, 0.15) is 11.3 Å². The Kier molecular flexibility index (Phi) is 5.72. The number of hydrogen-bond donors (Lipinski definition) is 0. The number of aromatic nitrogens is 2. The summed E-state index contributed by atoms with van der Waals surface area (Å²) in [6.45, 7) is 4.60. The maximum Gasteiger partial charge on any atom is 0.225 e. The number of ether oxygens (including phenoxy) is 1. The van der Waals surface area contributed by atoms with Crippen LogP contribution in [0, 0.1) is 6.92 Å². The number of nitrogens with zero attached hydrogens (tertiary/aromatic N) is 4. The van der Waals surface area contributed by atoms with Gasteiger partial charge in [0, 0.05) is 31.5 Å². The van der Waals surface area contributed by atoms with Crippen LogP contribution in [0.15, 0.2) is 36.5 Å². The zero-order valence-corrected chi connectivity index (χ0v) is 13.8. The lowest BCUT2D eigenvalue weighted by Crippen LogP contribution is -2.32. The van der Waals surface area contributed by atoms with Gasteiger partial charge in [-0.25, -0.2) is 9.97 Å². The Hall–Kier alpha value is -2.14. The molecule has 0 unspecified atom stereocenters. The molecule has 2 rings (SSSR count). The molecule has 1 heterocycles. The molecule has 5 heteroatoms. The Morgan fingerprint density at radius 3 is 2.36 bits per heavy atom. The number of rotatable bonds is 7. The van der Waals surface area contributed by atoms with Gasteiger partial charge >= 0.3 is 0 Å². The smallest absolute Gasteiger partial charge is 0.225 e. The van der Waals surface area contributed by atoms with Gasteiger partial charge in [-0.2, -0.15) is 0 Å². The first-order valence-electron chi connectivity index (χ1n) is 7.41. The highest BCUT2D eigenvalue weighted by atomic mass is 16.5. The summed E-state index contributed by atoms with van der Waals surface area (Å²) in [7, 11) is 5.82. The fraction of sp³-hybridized carbons (Fsp3) is 0.412. The average molecular weight is 300 g/mol. The van der Waals surface area contributed by atoms with E-state index in [1.807, 2.05) is 31.3 Å². The quantitative estimate of drug-likeness (QED) is 0.785. The lowest BCUT2D eigenvalue weighted by atomic mass is 10.2. The van der Waals surface area contributed by atoms with E-state index in [2.05, 4.69) is 46.0 Å². The second-order valence-electron chi connectivity index (χ2n) is 5.57. The van der Waals surface area contributed by atoms with E-state index in [1.54, 1.807) is 7.11 Å². The first-order valence-corrected chi connectivity index (χ1v) is 7.41. The van der Waals surface area contributed by atoms with Crippen LogP contribution in [0.4, 0.5) is 5.95 Å². The predicted molar refractivity (Wildman–Crippen MR) is 89.4 cm³/mol. The molecule has 22 heavy (non-hydrogen) atoms. The molecule has 0 fully saturated rings. The van der Waals surface area contributed by atoms with E-state index < -0.39 is 0 Å². The lowest BCUT2D eigenvalue weighted by molar-refractivity contribution is 0.411. The molecule has 2 aromatic rings. The third-order valence-corrected chi connectivity index (χ3v) is 3.41. The molecule has 1 aromatic heterocycles. The average Bonchev–Trinajstić information content (AvgIpc) is 2.52. The van der Waals surface area contributed by atoms with Crippen molar-refractivity contribution in [3.8, 4) is 5.75 Å². The van der Waals surface area contributed by atoms with Crippen molar-refractivity contribution in [3.05, 3.63) is 47.8 Å². The van der Waals surface area contributed by atoms with Crippen molar-refractivity contribution in [2.75, 3.05) is 39.2 Å². The molecule has 0 spiro atoms. The Bertz CT molecular complexity index is 583. The minimum Gasteiger partial charge on any atom is -0.497 e. The van der Waals surface area contributed by atoms with Gasteiger partial charge in [-0.3, -0.25) is 0 Å². The molecule has 0 atom stereocenters. The summed E-state index contributed by atoms with van der Waals surface area (Å²) in [5.41, 5.74) is 2.19. The molecule has 0 N–H and O–H groups in total. The summed E-state index contributed by atoms with van der Waals surface area (Å²) in [4.78, 5) is 13.3. The molecule has 0 bridgehead atoms. The first-order chi connectivity index (χ1) is 10.6. The van der Waals surface area contributed by atoms with Crippen LogP contribution in [-0.4, -0.2) is 49.2 Å². The molecule has 0 aliphatic heterocycles. The van der Waals surface area contributed by atoms with E-state index in [9.17, 15) is 0 Å². The highest BCUT2D eigenvalue weighted by Crippen LogP contribution is 2.16. The van der Waals surface area contributed by atoms with Crippen molar-refractivity contribution in [3.63, 3.8) is 0 Å². The normalized spacial score (nSPS) is 10.8. The summed E-state index contributed by atoms with van der Waals surface area (Å²) in [5.74, 6) is 1.65. The minimum atomic E-state index is 0.776. The standard InChI is InChI=1S/C17H24N4O/c1-14-9-10-18-17(19-14)21(12-11-20(2)3)13-15-5-7-16(22-4)8-6-15/h5-10H,11-13H2,1-4H3. The van der Waals surface area contributed by atoms with Gasteiger partial charge < -0.3 is 14.5 Å². The Morgan fingerprint density at radius 1 is 1.05 bits per heavy atom. The zero-order valence-electron chi connectivity index (χ0n) is 13.8. The first kappa shape index (κ1) is 16.2. The number of methoxy groups -OCH3 is 1. The fourth-order valence-electron chi connectivity index (χ4n) is 2.11. The molecule has 5 nitrogen and oxygen atoms in total. The molecule has 0 radical (unpaired) electrons. The summed E-state index contributed by atoms with van der Waals surface area (Å²) < 4.78 is 5.21. The van der Waals surface area contributed by atoms with E-state index in [4.69, 9.17) is 4.74 Å². The van der Waals surface area contributed by atoms with Crippen LogP contribution >= 0.6 is 0 Å². The second kappa shape index (κ2) is 7.75. The minimum absolute atomic E-state index is 0.776. The van der Waals surface area contributed by atoms with Crippen LogP contribution in [0.25, 0.3) is 0 Å². The van der Waals surface area contributed by atoms with Crippen molar-refractivity contribution < 1.29 is 4.74 Å². The highest BCUT2D eigenvalue weighted by molar-refractivity contribution is 5.34. The summed E-state index contributed by atoms with van der Waals surface area (Å²) in [5, 5.41) is 0. The van der Waals surface area contributed by atoms with Gasteiger partial charge in [-0.05, 0) is 44.8 Å². The Morgan fingerprint density at radius 2 is 1.77 bits per heavy atom. The number of aryl methyl sites for hydroxylation is 1. The van der Waals surface area contributed by atoms with Crippen LogP contribution in [0.3, 0.4) is 0 Å². The van der Waals surface area contributed by atoms with Crippen LogP contribution in [0.2, 0.25) is 0 Å². The summed E-state index contributed by atoms with van der Waals surface area (Å²) >= 11 is 0. The highest BCUT2D eigenvalue weighted by Gasteiger charge is 2.11. The number of anilines is 1. The van der Waals surface area contributed by atoms with Crippen LogP contribution in [0.5, 0.6) is 5.75 Å². The molecule has 0 saturated heterocycles. The maximum atomic E-state index is 5.21. The third kappa shape index (κ3) is 4.70. The molecule has 0 amide bonds. The van der Waals surface area contributed by atoms with Gasteiger partial charge in [0.05, 0.1) is 7.11 Å². The molecule has 0 saturated carbocycles. The second-order valence-corrected chi connectivity index (χ2v) is 5.57. The van der Waals surface area contributed by atoms with Crippen molar-refractivity contribution >= 4 is 5.95 Å². The Balaban J connectivity index is 2.16. The van der Waals surface area contributed by atoms with Crippen LogP contribution in [-0.2, 0) is 6.54 Å². The van der Waals surface area contributed by atoms with Gasteiger partial charge in [-0.1, -0.05) is 12.1 Å². The number of likely N-dealkylation sites (N-methyl/N-ethyl adjacent to an activating group) is 1. The third-order valence-electron chi connectivity index (χ3n) is 3.41. The van der Waals surface area contributed by atoms with Crippen molar-refractivity contribution in [2.45, 2.75) is 13.5 Å². The van der Waals surface area contributed by atoms with E-state index >= 15 is 0 Å². The molecule has 0 aliphatic carbocycles. The van der Waals surface area contributed by atoms with Crippen molar-refractivity contribution in [1.29, 1.82) is 0 Å². The largest absolute Gasteiger partial charge is 0.497 e. The monoisotopic (exact) mass is 300 g/mol. The predicted octanol–water partition coefficient (Wildman–Crippen LogP) is 2.36. The van der Waals surface area contributed by atoms with Crippen molar-refractivity contribution in [1.82, 2.24) is 14.9 Å². The lowest BCUT2D eigenvalue weighted by Gasteiger charge is -2.24. The topological polar surface area (TPSA) is 41.5 Å². The van der Waals surface area contributed by atoms with Gasteiger partial charge in [-0.15, -0.1) is 0 Å². The number of benzene rings is 1. The van der Waals surface area contributed by atoms with Gasteiger partial charge in [0.1, 0.15) is 5.75 Å². The van der Waals surface area contributed by atoms with Crippen LogP contribution < -0.4 is 9.64 Å². The summed E-state index contributed by atoms with van der Waals surface area (Å²) in [6, 6.07) is 10.0. The van der Waals surface area contributed by atoms with E-state index in [0.29, 0.717) is 0 Å². The molecular weight excluding hydrogens is 276 g/mol. The number of hydrogen-bond acceptors (Lipinski definition) is 5. The maximum absolute atomic E-state index is 5.21.